The average molecular weight is 698 g/mol. The molecule has 0 bridgehead atoms. The predicted octanol–water partition coefficient (Wildman–Crippen LogP) is 7.36. The molecule has 0 saturated carbocycles. The largest absolute Gasteiger partial charge is 0.508 e. The summed E-state index contributed by atoms with van der Waals surface area (Å²) in [5, 5.41) is 34.5. The number of rotatable bonds is 0. The van der Waals surface area contributed by atoms with Crippen LogP contribution in [0.1, 0.15) is 0 Å². The van der Waals surface area contributed by atoms with Crippen LogP contribution in [0.3, 0.4) is 0 Å². The molecular formula is C28H36O4Zn4-4. The van der Waals surface area contributed by atoms with E-state index in [0.29, 0.717) is 23.0 Å². The van der Waals surface area contributed by atoms with Crippen molar-refractivity contribution < 1.29 is 98.3 Å². The molecule has 0 fully saturated rings. The van der Waals surface area contributed by atoms with Gasteiger partial charge in [0.2, 0.25) is 0 Å². The summed E-state index contributed by atoms with van der Waals surface area (Å²) in [4.78, 5) is 0. The maximum Gasteiger partial charge on any atom is 0.115 e. The van der Waals surface area contributed by atoms with Crippen LogP contribution >= 0.6 is 0 Å². The van der Waals surface area contributed by atoms with Crippen molar-refractivity contribution in [2.24, 2.45) is 0 Å². The third kappa shape index (κ3) is 34.7. The molecule has 0 aliphatic heterocycles. The van der Waals surface area contributed by atoms with Crippen molar-refractivity contribution in [3.05, 3.63) is 151 Å². The molecule has 4 aromatic carbocycles. The summed E-state index contributed by atoms with van der Waals surface area (Å²) in [7, 11) is 0. The minimum absolute atomic E-state index is 0. The molecule has 36 heavy (non-hydrogen) atoms. The van der Waals surface area contributed by atoms with Crippen molar-refractivity contribution in [2.75, 3.05) is 0 Å². The Morgan fingerprint density at radius 3 is 0.417 bits per heavy atom. The van der Waals surface area contributed by atoms with E-state index in [9.17, 15) is 0 Å². The van der Waals surface area contributed by atoms with E-state index in [-0.39, 0.29) is 108 Å². The first-order valence-corrected chi connectivity index (χ1v) is 8.54. The number of aromatic hydroxyl groups is 4. The van der Waals surface area contributed by atoms with Crippen molar-refractivity contribution in [2.45, 2.75) is 0 Å². The summed E-state index contributed by atoms with van der Waals surface area (Å²) >= 11 is 0. The van der Waals surface area contributed by atoms with Crippen molar-refractivity contribution in [3.63, 3.8) is 0 Å². The zero-order valence-electron chi connectivity index (χ0n) is 22.2. The maximum absolute atomic E-state index is 8.63. The van der Waals surface area contributed by atoms with Crippen molar-refractivity contribution in [1.82, 2.24) is 0 Å². The normalized spacial score (nSPS) is 6.67. The second-order valence-corrected chi connectivity index (χ2v) is 5.34. The first kappa shape index (κ1) is 55.2. The number of para-hydroxylation sites is 4. The first-order chi connectivity index (χ1) is 13.6. The fourth-order valence-electron chi connectivity index (χ4n) is 1.71. The average Bonchev–Trinajstić information content (AvgIpc) is 2.72. The Hall–Kier alpha value is -1.43. The zero-order chi connectivity index (χ0) is 20.5. The van der Waals surface area contributed by atoms with Crippen LogP contribution in [-0.2, 0) is 77.9 Å². The summed E-state index contributed by atoms with van der Waals surface area (Å²) in [5.41, 5.74) is 0. The van der Waals surface area contributed by atoms with Crippen LogP contribution in [0.2, 0.25) is 0 Å². The van der Waals surface area contributed by atoms with Crippen LogP contribution in [0.25, 0.3) is 0 Å². The number of phenols is 4. The molecular weight excluding hydrogens is 662 g/mol. The smallest absolute Gasteiger partial charge is 0.115 e. The van der Waals surface area contributed by atoms with E-state index < -0.39 is 0 Å². The van der Waals surface area contributed by atoms with Gasteiger partial charge in [-0.3, -0.25) is 0 Å². The second-order valence-electron chi connectivity index (χ2n) is 5.34. The van der Waals surface area contributed by atoms with Gasteiger partial charge in [0.05, 0.1) is 0 Å². The quantitative estimate of drug-likeness (QED) is 0.114. The molecule has 0 amide bonds. The molecule has 0 heterocycles. The fraction of sp³-hybridized carbons (Fsp3) is 0. The molecule has 4 nitrogen and oxygen atoms in total. The monoisotopic (exact) mass is 692 g/mol. The number of hydrogen-bond donors (Lipinski definition) is 4. The van der Waals surface area contributed by atoms with Gasteiger partial charge in [0, 0.05) is 77.9 Å². The van der Waals surface area contributed by atoms with Crippen LogP contribution < -0.4 is 0 Å². The van der Waals surface area contributed by atoms with E-state index in [2.05, 4.69) is 0 Å². The zero-order valence-corrected chi connectivity index (χ0v) is 34.0. The van der Waals surface area contributed by atoms with Gasteiger partial charge in [0.15, 0.2) is 0 Å². The van der Waals surface area contributed by atoms with E-state index in [1.165, 1.54) is 0 Å². The van der Waals surface area contributed by atoms with Gasteiger partial charge in [0.25, 0.3) is 0 Å². The first-order valence-electron chi connectivity index (χ1n) is 8.54. The fourth-order valence-corrected chi connectivity index (χ4v) is 1.71. The molecule has 0 radical (unpaired) electrons. The molecule has 0 aliphatic rings. The second kappa shape index (κ2) is 38.1. The SMILES string of the molecule is Oc1ccccc1.Oc1ccccc1.Oc1ccccc1.Oc1ccccc1.[CH3-].[CH3-].[CH3-].[CH3-].[Zn].[Zn].[Zn].[Zn]. The minimum Gasteiger partial charge on any atom is -0.508 e. The molecule has 0 unspecified atom stereocenters. The number of benzene rings is 4. The van der Waals surface area contributed by atoms with Gasteiger partial charge >= 0.3 is 0 Å². The Balaban J connectivity index is -0.0000000451. The molecule has 0 aliphatic carbocycles. The van der Waals surface area contributed by atoms with E-state index in [1.54, 1.807) is 97.1 Å². The van der Waals surface area contributed by atoms with Crippen molar-refractivity contribution in [3.8, 4) is 23.0 Å². The number of hydrogen-bond acceptors (Lipinski definition) is 4. The predicted molar refractivity (Wildman–Crippen MR) is 138 cm³/mol. The molecule has 8 heteroatoms. The van der Waals surface area contributed by atoms with Gasteiger partial charge in [0.1, 0.15) is 23.0 Å². The molecule has 0 spiro atoms. The molecule has 0 saturated heterocycles. The summed E-state index contributed by atoms with van der Waals surface area (Å²) in [6, 6.07) is 34.9. The Kier molecular flexibility index (Phi) is 58.4. The summed E-state index contributed by atoms with van der Waals surface area (Å²) < 4.78 is 0. The molecule has 4 N–H and O–H groups in total. The Bertz CT molecular complexity index is 705. The third-order valence-corrected chi connectivity index (χ3v) is 3.02. The Labute approximate surface area is 270 Å². The Morgan fingerprint density at radius 1 is 0.250 bits per heavy atom. The summed E-state index contributed by atoms with van der Waals surface area (Å²) in [5.74, 6) is 1.29. The molecule has 184 valence electrons. The van der Waals surface area contributed by atoms with Crippen LogP contribution in [0.4, 0.5) is 0 Å². The standard InChI is InChI=1S/4C6H6O.4CH3.4Zn/c4*7-6-4-2-1-3-5-6;;;;;;;;/h4*1-5,7H;4*1H3;;;;/q;;;;4*-1;;;;. The van der Waals surface area contributed by atoms with Crippen LogP contribution in [0.15, 0.2) is 121 Å². The van der Waals surface area contributed by atoms with E-state index in [0.717, 1.165) is 0 Å². The van der Waals surface area contributed by atoms with Crippen LogP contribution in [0.5, 0.6) is 23.0 Å². The number of phenolic OH excluding ortho intramolecular Hbond substituents is 4. The molecule has 4 aromatic rings. The maximum atomic E-state index is 8.63. The van der Waals surface area contributed by atoms with E-state index in [4.69, 9.17) is 20.4 Å². The van der Waals surface area contributed by atoms with E-state index in [1.807, 2.05) is 24.3 Å². The van der Waals surface area contributed by atoms with Crippen LogP contribution in [-0.4, -0.2) is 20.4 Å². The van der Waals surface area contributed by atoms with Crippen molar-refractivity contribution in [1.29, 1.82) is 0 Å². The van der Waals surface area contributed by atoms with Gasteiger partial charge in [-0.25, -0.2) is 0 Å². The summed E-state index contributed by atoms with van der Waals surface area (Å²) in [6.07, 6.45) is 0. The van der Waals surface area contributed by atoms with Gasteiger partial charge in [-0.2, -0.15) is 0 Å². The van der Waals surface area contributed by atoms with Gasteiger partial charge in [-0.15, -0.1) is 0 Å². The van der Waals surface area contributed by atoms with Crippen LogP contribution in [0, 0.1) is 29.7 Å². The third-order valence-electron chi connectivity index (χ3n) is 3.02. The minimum atomic E-state index is 0. The molecule has 0 atom stereocenters. The van der Waals surface area contributed by atoms with Crippen molar-refractivity contribution >= 4 is 0 Å². The van der Waals surface area contributed by atoms with E-state index >= 15 is 0 Å². The molecule has 4 rings (SSSR count). The molecule has 0 aromatic heterocycles. The van der Waals surface area contributed by atoms with Gasteiger partial charge in [-0.1, -0.05) is 72.8 Å². The van der Waals surface area contributed by atoms with Gasteiger partial charge in [-0.05, 0) is 48.5 Å². The summed E-state index contributed by atoms with van der Waals surface area (Å²) in [6.45, 7) is 0. The Morgan fingerprint density at radius 2 is 0.361 bits per heavy atom. The topological polar surface area (TPSA) is 80.9 Å². The van der Waals surface area contributed by atoms with Gasteiger partial charge < -0.3 is 50.1 Å².